The largest absolute Gasteiger partial charge is 0.384 e. The Morgan fingerprint density at radius 2 is 1.87 bits per heavy atom. The lowest BCUT2D eigenvalue weighted by atomic mass is 10.1. The molecule has 15 heavy (non-hydrogen) atoms. The Balaban J connectivity index is 2.31. The maximum absolute atomic E-state index is 5.22. The van der Waals surface area contributed by atoms with E-state index < -0.39 is 0 Å². The van der Waals surface area contributed by atoms with Crippen LogP contribution in [0.5, 0.6) is 0 Å². The van der Waals surface area contributed by atoms with Crippen LogP contribution in [0.4, 0.5) is 5.69 Å². The van der Waals surface area contributed by atoms with Crippen molar-refractivity contribution in [3.8, 4) is 12.3 Å². The molecule has 2 aromatic carbocycles. The Morgan fingerprint density at radius 1 is 1.07 bits per heavy atom. The molecule has 0 aromatic heterocycles. The van der Waals surface area contributed by atoms with Gasteiger partial charge in [-0.25, -0.2) is 0 Å². The van der Waals surface area contributed by atoms with Crippen molar-refractivity contribution in [3.63, 3.8) is 0 Å². The molecule has 1 heteroatoms. The van der Waals surface area contributed by atoms with Gasteiger partial charge in [0, 0.05) is 24.0 Å². The first-order chi connectivity index (χ1) is 7.42. The number of hydrogen-bond acceptors (Lipinski definition) is 1. The summed E-state index contributed by atoms with van der Waals surface area (Å²) in [4.78, 5) is 0. The second-order valence-electron chi connectivity index (χ2n) is 3.41. The van der Waals surface area contributed by atoms with Gasteiger partial charge in [0.05, 0.1) is 0 Å². The highest BCUT2D eigenvalue weighted by Crippen LogP contribution is 2.22. The molecule has 1 nitrogen and oxygen atoms in total. The molecule has 0 atom stereocenters. The molecule has 0 saturated heterocycles. The molecule has 0 aliphatic carbocycles. The zero-order chi connectivity index (χ0) is 10.5. The van der Waals surface area contributed by atoms with Crippen LogP contribution in [-0.4, -0.2) is 6.54 Å². The molecular weight excluding hydrogens is 182 g/mol. The van der Waals surface area contributed by atoms with Crippen LogP contribution in [-0.2, 0) is 0 Å². The second kappa shape index (κ2) is 4.52. The fourth-order valence-electron chi connectivity index (χ4n) is 1.65. The molecule has 0 bridgehead atoms. The summed E-state index contributed by atoms with van der Waals surface area (Å²) in [6, 6.07) is 14.6. The van der Waals surface area contributed by atoms with Gasteiger partial charge in [0.2, 0.25) is 0 Å². The molecular formula is C14H13N. The number of fused-ring (bicyclic) bond motifs is 1. The van der Waals surface area contributed by atoms with Gasteiger partial charge >= 0.3 is 0 Å². The molecule has 0 unspecified atom stereocenters. The van der Waals surface area contributed by atoms with E-state index in [1.54, 1.807) is 0 Å². The predicted octanol–water partition coefficient (Wildman–Crippen LogP) is 3.28. The van der Waals surface area contributed by atoms with Crippen LogP contribution in [0.1, 0.15) is 6.42 Å². The van der Waals surface area contributed by atoms with Crippen LogP contribution in [0.15, 0.2) is 42.5 Å². The quantitative estimate of drug-likeness (QED) is 0.585. The zero-order valence-electron chi connectivity index (χ0n) is 8.53. The van der Waals surface area contributed by atoms with E-state index in [4.69, 9.17) is 6.42 Å². The van der Waals surface area contributed by atoms with Gasteiger partial charge in [0.25, 0.3) is 0 Å². The van der Waals surface area contributed by atoms with Crippen LogP contribution in [0.25, 0.3) is 10.8 Å². The van der Waals surface area contributed by atoms with Crippen LogP contribution >= 0.6 is 0 Å². The van der Waals surface area contributed by atoms with E-state index in [9.17, 15) is 0 Å². The van der Waals surface area contributed by atoms with E-state index in [2.05, 4.69) is 47.6 Å². The molecule has 0 saturated carbocycles. The molecule has 0 fully saturated rings. The van der Waals surface area contributed by atoms with E-state index in [-0.39, 0.29) is 0 Å². The highest BCUT2D eigenvalue weighted by molar-refractivity contribution is 5.93. The smallest absolute Gasteiger partial charge is 0.0420 e. The van der Waals surface area contributed by atoms with E-state index in [1.165, 1.54) is 10.8 Å². The van der Waals surface area contributed by atoms with Crippen molar-refractivity contribution < 1.29 is 0 Å². The topological polar surface area (TPSA) is 12.0 Å². The van der Waals surface area contributed by atoms with Crippen LogP contribution in [0.3, 0.4) is 0 Å². The summed E-state index contributed by atoms with van der Waals surface area (Å²) in [7, 11) is 0. The third kappa shape index (κ3) is 2.11. The van der Waals surface area contributed by atoms with Crippen molar-refractivity contribution >= 4 is 16.5 Å². The molecule has 2 aromatic rings. The number of hydrogen-bond donors (Lipinski definition) is 1. The lowest BCUT2D eigenvalue weighted by Crippen LogP contribution is -2.00. The van der Waals surface area contributed by atoms with Gasteiger partial charge < -0.3 is 5.32 Å². The summed E-state index contributed by atoms with van der Waals surface area (Å²) in [6.07, 6.45) is 5.97. The van der Waals surface area contributed by atoms with Crippen molar-refractivity contribution in [1.82, 2.24) is 0 Å². The van der Waals surface area contributed by atoms with Crippen LogP contribution in [0, 0.1) is 12.3 Å². The summed E-state index contributed by atoms with van der Waals surface area (Å²) in [5, 5.41) is 5.85. The van der Waals surface area contributed by atoms with Crippen LogP contribution in [0.2, 0.25) is 0 Å². The SMILES string of the molecule is C#CCCNc1cccc2ccccc12. The van der Waals surface area contributed by atoms with Crippen LogP contribution < -0.4 is 5.32 Å². The molecule has 74 valence electrons. The minimum Gasteiger partial charge on any atom is -0.384 e. The monoisotopic (exact) mass is 195 g/mol. The van der Waals surface area contributed by atoms with Gasteiger partial charge in [0.15, 0.2) is 0 Å². The molecule has 0 radical (unpaired) electrons. The highest BCUT2D eigenvalue weighted by atomic mass is 14.9. The van der Waals surface area contributed by atoms with Crippen molar-refractivity contribution in [3.05, 3.63) is 42.5 Å². The first kappa shape index (κ1) is 9.61. The summed E-state index contributed by atoms with van der Waals surface area (Å²) < 4.78 is 0. The van der Waals surface area contributed by atoms with Gasteiger partial charge in [-0.2, -0.15) is 0 Å². The molecule has 0 aliphatic rings. The normalized spacial score (nSPS) is 9.80. The predicted molar refractivity (Wildman–Crippen MR) is 65.9 cm³/mol. The number of benzene rings is 2. The fraction of sp³-hybridized carbons (Fsp3) is 0.143. The summed E-state index contributed by atoms with van der Waals surface area (Å²) in [5.41, 5.74) is 1.16. The van der Waals surface area contributed by atoms with Gasteiger partial charge in [0.1, 0.15) is 0 Å². The highest BCUT2D eigenvalue weighted by Gasteiger charge is 1.97. The van der Waals surface area contributed by atoms with Crippen molar-refractivity contribution in [2.24, 2.45) is 0 Å². The zero-order valence-corrected chi connectivity index (χ0v) is 8.53. The molecule has 2 rings (SSSR count). The number of rotatable bonds is 3. The third-order valence-corrected chi connectivity index (χ3v) is 2.37. The Bertz CT molecular complexity index is 489. The Labute approximate surface area is 90.1 Å². The molecule has 1 N–H and O–H groups in total. The first-order valence-corrected chi connectivity index (χ1v) is 5.07. The van der Waals surface area contributed by atoms with Crippen molar-refractivity contribution in [1.29, 1.82) is 0 Å². The Morgan fingerprint density at radius 3 is 2.73 bits per heavy atom. The fourth-order valence-corrected chi connectivity index (χ4v) is 1.65. The van der Waals surface area contributed by atoms with E-state index >= 15 is 0 Å². The molecule has 0 amide bonds. The van der Waals surface area contributed by atoms with Gasteiger partial charge in [-0.1, -0.05) is 36.4 Å². The lowest BCUT2D eigenvalue weighted by molar-refractivity contribution is 1.10. The minimum atomic E-state index is 0.753. The maximum Gasteiger partial charge on any atom is 0.0420 e. The van der Waals surface area contributed by atoms with Crippen molar-refractivity contribution in [2.75, 3.05) is 11.9 Å². The average Bonchev–Trinajstić information content (AvgIpc) is 2.30. The standard InChI is InChI=1S/C14H13N/c1-2-3-11-15-14-10-6-8-12-7-4-5-9-13(12)14/h1,4-10,15H,3,11H2. The van der Waals surface area contributed by atoms with E-state index in [1.807, 2.05) is 6.07 Å². The maximum atomic E-state index is 5.22. The minimum absolute atomic E-state index is 0.753. The van der Waals surface area contributed by atoms with E-state index in [0.717, 1.165) is 18.7 Å². The third-order valence-electron chi connectivity index (χ3n) is 2.37. The number of anilines is 1. The Kier molecular flexibility index (Phi) is 2.90. The molecule has 0 spiro atoms. The summed E-state index contributed by atoms with van der Waals surface area (Å²) in [5.74, 6) is 2.62. The Hall–Kier alpha value is -1.94. The first-order valence-electron chi connectivity index (χ1n) is 5.07. The molecule has 0 aliphatic heterocycles. The molecule has 0 heterocycles. The van der Waals surface area contributed by atoms with Gasteiger partial charge in [-0.15, -0.1) is 12.3 Å². The number of terminal acetylenes is 1. The van der Waals surface area contributed by atoms with E-state index in [0.29, 0.717) is 0 Å². The lowest BCUT2D eigenvalue weighted by Gasteiger charge is -2.07. The number of nitrogens with one attached hydrogen (secondary N) is 1. The average molecular weight is 195 g/mol. The van der Waals surface area contributed by atoms with Gasteiger partial charge in [-0.3, -0.25) is 0 Å². The van der Waals surface area contributed by atoms with Crippen molar-refractivity contribution in [2.45, 2.75) is 6.42 Å². The van der Waals surface area contributed by atoms with Gasteiger partial charge in [-0.05, 0) is 11.5 Å². The summed E-state index contributed by atoms with van der Waals surface area (Å²) >= 11 is 0. The second-order valence-corrected chi connectivity index (χ2v) is 3.41. The summed E-state index contributed by atoms with van der Waals surface area (Å²) in [6.45, 7) is 0.824.